The van der Waals surface area contributed by atoms with Crippen LogP contribution in [0.2, 0.25) is 0 Å². The van der Waals surface area contributed by atoms with Crippen LogP contribution in [0.1, 0.15) is 60.2 Å². The first-order chi connectivity index (χ1) is 11.6. The third-order valence-electron chi connectivity index (χ3n) is 5.39. The van der Waals surface area contributed by atoms with E-state index in [4.69, 9.17) is 4.74 Å². The van der Waals surface area contributed by atoms with Crippen molar-refractivity contribution in [3.8, 4) is 6.07 Å². The number of ether oxygens (including phenoxy) is 1. The molecule has 1 atom stereocenters. The number of carboxylic acids is 1. The van der Waals surface area contributed by atoms with Crippen LogP contribution in [0.25, 0.3) is 10.9 Å². The lowest BCUT2D eigenvalue weighted by Gasteiger charge is -2.33. The summed E-state index contributed by atoms with van der Waals surface area (Å²) >= 11 is 0. The minimum atomic E-state index is -0.851. The van der Waals surface area contributed by atoms with Gasteiger partial charge in [-0.1, -0.05) is 6.07 Å². The molecule has 1 aliphatic heterocycles. The first-order valence-electron chi connectivity index (χ1n) is 8.51. The van der Waals surface area contributed by atoms with Crippen LogP contribution in [0, 0.1) is 18.3 Å². The molecule has 1 unspecified atom stereocenters. The predicted octanol–water partition coefficient (Wildman–Crippen LogP) is 3.63. The summed E-state index contributed by atoms with van der Waals surface area (Å²) in [6.07, 6.45) is 3.68. The Labute approximate surface area is 140 Å². The Morgan fingerprint density at radius 1 is 1.46 bits per heavy atom. The summed E-state index contributed by atoms with van der Waals surface area (Å²) in [5, 5.41) is 19.9. The summed E-state index contributed by atoms with van der Waals surface area (Å²) in [7, 11) is 0. The lowest BCUT2D eigenvalue weighted by atomic mass is 9.91. The number of fused-ring (bicyclic) bond motifs is 3. The highest BCUT2D eigenvalue weighted by Crippen LogP contribution is 2.45. The van der Waals surface area contributed by atoms with Gasteiger partial charge in [0.1, 0.15) is 6.10 Å². The number of benzene rings is 1. The van der Waals surface area contributed by atoms with Crippen LogP contribution in [-0.2, 0) is 16.0 Å². The van der Waals surface area contributed by atoms with Crippen LogP contribution in [0.5, 0.6) is 0 Å². The Hall–Kier alpha value is -2.32. The van der Waals surface area contributed by atoms with Gasteiger partial charge in [-0.05, 0) is 49.8 Å². The first-order valence-corrected chi connectivity index (χ1v) is 8.51. The number of nitrogens with zero attached hydrogens (tertiary/aromatic N) is 2. The summed E-state index contributed by atoms with van der Waals surface area (Å²) in [5.41, 5.74) is 5.04. The maximum atomic E-state index is 11.3. The maximum Gasteiger partial charge on any atom is 0.306 e. The molecule has 2 aliphatic rings. The predicted molar refractivity (Wildman–Crippen MR) is 88.9 cm³/mol. The molecule has 1 N–H and O–H groups in total. The van der Waals surface area contributed by atoms with E-state index < -0.39 is 12.1 Å². The summed E-state index contributed by atoms with van der Waals surface area (Å²) in [4.78, 5) is 11.3. The van der Waals surface area contributed by atoms with E-state index in [0.29, 0.717) is 18.2 Å². The van der Waals surface area contributed by atoms with Crippen LogP contribution >= 0.6 is 0 Å². The molecule has 1 aromatic carbocycles. The Bertz CT molecular complexity index is 871. The minimum Gasteiger partial charge on any atom is -0.481 e. The highest BCUT2D eigenvalue weighted by atomic mass is 16.5. The SMILES string of the molecule is Cc1ccc(C#N)c2c3c(n(C4CCC4)c12)C(CC(=O)O)OCC3. The van der Waals surface area contributed by atoms with Gasteiger partial charge in [0.2, 0.25) is 0 Å². The molecule has 5 nitrogen and oxygen atoms in total. The lowest BCUT2D eigenvalue weighted by Crippen LogP contribution is -2.26. The van der Waals surface area contributed by atoms with Crippen molar-refractivity contribution in [1.29, 1.82) is 5.26 Å². The van der Waals surface area contributed by atoms with Crippen molar-refractivity contribution in [1.82, 2.24) is 4.57 Å². The van der Waals surface area contributed by atoms with Gasteiger partial charge < -0.3 is 14.4 Å². The maximum absolute atomic E-state index is 11.3. The number of aryl methyl sites for hydroxylation is 1. The summed E-state index contributed by atoms with van der Waals surface area (Å²) in [5.74, 6) is -0.851. The minimum absolute atomic E-state index is 0.0308. The largest absolute Gasteiger partial charge is 0.481 e. The highest BCUT2D eigenvalue weighted by molar-refractivity contribution is 5.93. The van der Waals surface area contributed by atoms with Gasteiger partial charge in [0.25, 0.3) is 0 Å². The molecule has 1 fully saturated rings. The number of carbonyl (C=O) groups is 1. The Kier molecular flexibility index (Phi) is 3.58. The zero-order valence-electron chi connectivity index (χ0n) is 13.7. The van der Waals surface area contributed by atoms with E-state index in [1.54, 1.807) is 0 Å². The van der Waals surface area contributed by atoms with E-state index in [1.165, 1.54) is 6.42 Å². The van der Waals surface area contributed by atoms with Crippen molar-refractivity contribution >= 4 is 16.9 Å². The fraction of sp³-hybridized carbons (Fsp3) is 0.474. The molecule has 1 saturated carbocycles. The molecule has 24 heavy (non-hydrogen) atoms. The Morgan fingerprint density at radius 3 is 2.88 bits per heavy atom. The quantitative estimate of drug-likeness (QED) is 0.935. The van der Waals surface area contributed by atoms with Crippen molar-refractivity contribution in [3.05, 3.63) is 34.5 Å². The fourth-order valence-electron chi connectivity index (χ4n) is 4.12. The van der Waals surface area contributed by atoms with Gasteiger partial charge in [0.15, 0.2) is 0 Å². The first kappa shape index (κ1) is 15.2. The van der Waals surface area contributed by atoms with Crippen molar-refractivity contribution in [2.45, 2.75) is 51.2 Å². The molecular weight excluding hydrogens is 304 g/mol. The molecule has 0 radical (unpaired) electrons. The molecule has 0 amide bonds. The van der Waals surface area contributed by atoms with Crippen molar-refractivity contribution in [3.63, 3.8) is 0 Å². The average molecular weight is 324 g/mol. The smallest absolute Gasteiger partial charge is 0.306 e. The lowest BCUT2D eigenvalue weighted by molar-refractivity contribution is -0.140. The van der Waals surface area contributed by atoms with Crippen molar-refractivity contribution < 1.29 is 14.6 Å². The summed E-state index contributed by atoms with van der Waals surface area (Å²) in [6, 6.07) is 6.59. The third kappa shape index (κ3) is 2.14. The Morgan fingerprint density at radius 2 is 2.25 bits per heavy atom. The van der Waals surface area contributed by atoms with Crippen LogP contribution < -0.4 is 0 Å². The monoisotopic (exact) mass is 324 g/mol. The van der Waals surface area contributed by atoms with Crippen LogP contribution in [-0.4, -0.2) is 22.2 Å². The highest BCUT2D eigenvalue weighted by Gasteiger charge is 2.35. The molecule has 5 heteroatoms. The van der Waals surface area contributed by atoms with E-state index in [-0.39, 0.29) is 6.42 Å². The second-order valence-electron chi connectivity index (χ2n) is 6.79. The van der Waals surface area contributed by atoms with Crippen LogP contribution in [0.15, 0.2) is 12.1 Å². The number of rotatable bonds is 3. The van der Waals surface area contributed by atoms with Crippen LogP contribution in [0.4, 0.5) is 0 Å². The number of aliphatic carboxylic acids is 1. The Balaban J connectivity index is 2.05. The molecule has 124 valence electrons. The molecule has 2 heterocycles. The number of nitriles is 1. The number of hydrogen-bond donors (Lipinski definition) is 1. The van der Waals surface area contributed by atoms with Crippen molar-refractivity contribution in [2.75, 3.05) is 6.61 Å². The molecule has 0 bridgehead atoms. The van der Waals surface area contributed by atoms with E-state index in [0.717, 1.165) is 47.0 Å². The molecular formula is C19H20N2O3. The van der Waals surface area contributed by atoms with E-state index in [9.17, 15) is 15.2 Å². The second kappa shape index (κ2) is 5.64. The molecule has 4 rings (SSSR count). The van der Waals surface area contributed by atoms with Gasteiger partial charge in [-0.15, -0.1) is 0 Å². The van der Waals surface area contributed by atoms with E-state index in [2.05, 4.69) is 17.6 Å². The normalized spacial score (nSPS) is 20.4. The molecule has 2 aromatic rings. The standard InChI is InChI=1S/C19H20N2O3/c1-11-5-6-12(10-20)17-14-7-8-24-15(9-16(22)23)19(14)21(18(11)17)13-3-2-4-13/h5-6,13,15H,2-4,7-9H2,1H3,(H,22,23). The molecule has 1 aromatic heterocycles. The summed E-state index contributed by atoms with van der Waals surface area (Å²) in [6.45, 7) is 2.57. The van der Waals surface area contributed by atoms with E-state index in [1.807, 2.05) is 12.1 Å². The second-order valence-corrected chi connectivity index (χ2v) is 6.79. The van der Waals surface area contributed by atoms with Crippen LogP contribution in [0.3, 0.4) is 0 Å². The average Bonchev–Trinajstić information content (AvgIpc) is 2.83. The summed E-state index contributed by atoms with van der Waals surface area (Å²) < 4.78 is 8.14. The van der Waals surface area contributed by atoms with Gasteiger partial charge in [-0.2, -0.15) is 5.26 Å². The fourth-order valence-corrected chi connectivity index (χ4v) is 4.12. The topological polar surface area (TPSA) is 75.2 Å². The van der Waals surface area contributed by atoms with Gasteiger partial charge in [-0.3, -0.25) is 4.79 Å². The van der Waals surface area contributed by atoms with Gasteiger partial charge >= 0.3 is 5.97 Å². The zero-order chi connectivity index (χ0) is 16.8. The zero-order valence-corrected chi connectivity index (χ0v) is 13.7. The number of hydrogen-bond acceptors (Lipinski definition) is 3. The molecule has 1 aliphatic carbocycles. The molecule has 0 spiro atoms. The van der Waals surface area contributed by atoms with Gasteiger partial charge in [0, 0.05) is 11.4 Å². The number of carboxylic acid groups (broad SMARTS) is 1. The van der Waals surface area contributed by atoms with E-state index >= 15 is 0 Å². The third-order valence-corrected chi connectivity index (χ3v) is 5.39. The molecule has 0 saturated heterocycles. The van der Waals surface area contributed by atoms with Gasteiger partial charge in [-0.25, -0.2) is 0 Å². The van der Waals surface area contributed by atoms with Gasteiger partial charge in [0.05, 0.1) is 35.9 Å². The van der Waals surface area contributed by atoms with Crippen molar-refractivity contribution in [2.24, 2.45) is 0 Å². The number of aromatic nitrogens is 1.